The lowest BCUT2D eigenvalue weighted by molar-refractivity contribution is -0.129. The molecule has 1 fully saturated rings. The first-order chi connectivity index (χ1) is 10.9. The van der Waals surface area contributed by atoms with Gasteiger partial charge in [-0.15, -0.1) is 0 Å². The van der Waals surface area contributed by atoms with Gasteiger partial charge < -0.3 is 10.6 Å². The molecule has 0 aromatic carbocycles. The number of fused-ring (bicyclic) bond motifs is 1. The Morgan fingerprint density at radius 1 is 1.57 bits per heavy atom. The van der Waals surface area contributed by atoms with Crippen LogP contribution in [-0.2, 0) is 4.79 Å². The summed E-state index contributed by atoms with van der Waals surface area (Å²) < 4.78 is 28.9. The first-order valence-corrected chi connectivity index (χ1v) is 8.01. The number of nitrogens with two attached hydrogens (primary N) is 1. The molecule has 1 aliphatic heterocycles. The number of nitrogen functional groups attached to an aromatic ring is 1. The normalized spacial score (nSPS) is 21.3. The highest BCUT2D eigenvalue weighted by atomic mass is 127. The van der Waals surface area contributed by atoms with Gasteiger partial charge in [-0.2, -0.15) is 5.10 Å². The summed E-state index contributed by atoms with van der Waals surface area (Å²) in [6, 6.07) is 0.267. The molecule has 122 valence electrons. The lowest BCUT2D eigenvalue weighted by Crippen LogP contribution is -2.38. The number of aromatic nitrogens is 3. The van der Waals surface area contributed by atoms with E-state index in [1.165, 1.54) is 0 Å². The summed E-state index contributed by atoms with van der Waals surface area (Å²) in [5, 5.41) is 5.12. The van der Waals surface area contributed by atoms with E-state index in [4.69, 9.17) is 5.73 Å². The Bertz CT molecular complexity index is 778. The molecule has 0 radical (unpaired) electrons. The lowest BCUT2D eigenvalue weighted by Gasteiger charge is -2.21. The summed E-state index contributed by atoms with van der Waals surface area (Å²) in [7, 11) is 0. The number of amides is 1. The van der Waals surface area contributed by atoms with E-state index in [2.05, 4.69) is 16.7 Å². The number of alkyl halides is 2. The summed E-state index contributed by atoms with van der Waals surface area (Å²) in [4.78, 5) is 17.0. The van der Waals surface area contributed by atoms with Crippen molar-refractivity contribution in [3.05, 3.63) is 28.6 Å². The fourth-order valence-electron chi connectivity index (χ4n) is 2.98. The first kappa shape index (κ1) is 16.1. The zero-order chi connectivity index (χ0) is 16.7. The molecule has 3 heterocycles. The van der Waals surface area contributed by atoms with Crippen molar-refractivity contribution in [2.24, 2.45) is 0 Å². The van der Waals surface area contributed by atoms with Crippen LogP contribution in [0.4, 0.5) is 14.6 Å². The van der Waals surface area contributed by atoms with E-state index >= 15 is 0 Å². The van der Waals surface area contributed by atoms with Crippen molar-refractivity contribution in [2.45, 2.75) is 24.9 Å². The molecule has 2 N–H and O–H groups in total. The minimum Gasteiger partial charge on any atom is -0.383 e. The maximum Gasteiger partial charge on any atom is 0.258 e. The van der Waals surface area contributed by atoms with Crippen LogP contribution in [0, 0.1) is 3.70 Å². The lowest BCUT2D eigenvalue weighted by atomic mass is 10.1. The van der Waals surface area contributed by atoms with Crippen LogP contribution in [0.2, 0.25) is 0 Å². The monoisotopic (exact) mass is 433 g/mol. The van der Waals surface area contributed by atoms with Crippen molar-refractivity contribution in [3.8, 4) is 0 Å². The Hall–Kier alpha value is -1.78. The standard InChI is InChI=1S/C14H14F2IN5O/c1-2-10(23)21-6-7(5-9(21)12(15)16)22-8-3-4-19-14(18)11(8)13(17)20-22/h2-4,7,9,12H,1,5-6H2,(H2,18,19)/t7?,9-/m1/s1. The number of pyridine rings is 1. The maximum absolute atomic E-state index is 13.3. The molecule has 9 heteroatoms. The summed E-state index contributed by atoms with van der Waals surface area (Å²) in [5.74, 6) is -0.147. The van der Waals surface area contributed by atoms with Crippen LogP contribution in [0.25, 0.3) is 10.9 Å². The van der Waals surface area contributed by atoms with Crippen molar-refractivity contribution < 1.29 is 13.6 Å². The van der Waals surface area contributed by atoms with Gasteiger partial charge in [0.05, 0.1) is 23.0 Å². The van der Waals surface area contributed by atoms with Crippen LogP contribution in [-0.4, -0.2) is 44.6 Å². The molecule has 0 spiro atoms. The Labute approximate surface area is 144 Å². The van der Waals surface area contributed by atoms with Gasteiger partial charge in [-0.25, -0.2) is 13.8 Å². The van der Waals surface area contributed by atoms with Crippen molar-refractivity contribution in [1.29, 1.82) is 0 Å². The predicted octanol–water partition coefficient (Wildman–Crippen LogP) is 2.21. The smallest absolute Gasteiger partial charge is 0.258 e. The van der Waals surface area contributed by atoms with Crippen molar-refractivity contribution >= 4 is 45.2 Å². The highest BCUT2D eigenvalue weighted by molar-refractivity contribution is 14.1. The van der Waals surface area contributed by atoms with Crippen molar-refractivity contribution in [2.75, 3.05) is 12.3 Å². The minimum atomic E-state index is -2.61. The van der Waals surface area contributed by atoms with Crippen LogP contribution >= 0.6 is 22.6 Å². The number of halogens is 3. The van der Waals surface area contributed by atoms with Crippen LogP contribution in [0.5, 0.6) is 0 Å². The Balaban J connectivity index is 2.02. The number of carbonyl (C=O) groups excluding carboxylic acids is 1. The molecule has 3 rings (SSSR count). The summed E-state index contributed by atoms with van der Waals surface area (Å²) in [5.41, 5.74) is 6.60. The van der Waals surface area contributed by atoms with Gasteiger partial charge in [-0.3, -0.25) is 9.48 Å². The number of anilines is 1. The van der Waals surface area contributed by atoms with Gasteiger partial charge in [0.25, 0.3) is 6.43 Å². The van der Waals surface area contributed by atoms with Gasteiger partial charge in [-0.05, 0) is 41.2 Å². The number of hydrogen-bond acceptors (Lipinski definition) is 4. The zero-order valence-electron chi connectivity index (χ0n) is 12.0. The molecular formula is C14H14F2IN5O. The van der Waals surface area contributed by atoms with Gasteiger partial charge in [0.2, 0.25) is 5.91 Å². The summed E-state index contributed by atoms with van der Waals surface area (Å²) in [6.45, 7) is 3.54. The largest absolute Gasteiger partial charge is 0.383 e. The van der Waals surface area contributed by atoms with Crippen LogP contribution in [0.3, 0.4) is 0 Å². The molecule has 1 amide bonds. The van der Waals surface area contributed by atoms with E-state index in [-0.39, 0.29) is 19.0 Å². The second-order valence-corrected chi connectivity index (χ2v) is 6.33. The van der Waals surface area contributed by atoms with Crippen molar-refractivity contribution in [3.63, 3.8) is 0 Å². The predicted molar refractivity (Wildman–Crippen MR) is 90.0 cm³/mol. The number of rotatable bonds is 3. The second kappa shape index (κ2) is 6.02. The van der Waals surface area contributed by atoms with Crippen molar-refractivity contribution in [1.82, 2.24) is 19.7 Å². The quantitative estimate of drug-likeness (QED) is 0.595. The van der Waals surface area contributed by atoms with E-state index in [0.717, 1.165) is 16.5 Å². The maximum atomic E-state index is 13.3. The summed E-state index contributed by atoms with van der Waals surface area (Å²) >= 11 is 2.04. The minimum absolute atomic E-state index is 0.131. The fourth-order valence-corrected chi connectivity index (χ4v) is 3.76. The fraction of sp³-hybridized carbons (Fsp3) is 0.357. The van der Waals surface area contributed by atoms with Gasteiger partial charge in [0.15, 0.2) is 0 Å². The van der Waals surface area contributed by atoms with Gasteiger partial charge in [-0.1, -0.05) is 6.58 Å². The SMILES string of the molecule is C=CC(=O)N1CC(n2nc(I)c3c(N)nccc32)C[C@@H]1C(F)F. The molecule has 0 saturated carbocycles. The third-order valence-electron chi connectivity index (χ3n) is 4.02. The molecule has 0 bridgehead atoms. The Kier molecular flexibility index (Phi) is 4.21. The third kappa shape index (κ3) is 2.66. The average molecular weight is 433 g/mol. The molecular weight excluding hydrogens is 419 g/mol. The average Bonchev–Trinajstić information content (AvgIpc) is 3.09. The molecule has 23 heavy (non-hydrogen) atoms. The molecule has 6 nitrogen and oxygen atoms in total. The molecule has 1 aliphatic rings. The molecule has 1 saturated heterocycles. The molecule has 2 aromatic heterocycles. The van der Waals surface area contributed by atoms with Gasteiger partial charge in [0, 0.05) is 12.7 Å². The third-order valence-corrected chi connectivity index (χ3v) is 4.78. The first-order valence-electron chi connectivity index (χ1n) is 6.93. The van der Waals surface area contributed by atoms with E-state index in [1.807, 2.05) is 22.6 Å². The van der Waals surface area contributed by atoms with Crippen LogP contribution in [0.1, 0.15) is 12.5 Å². The number of nitrogens with zero attached hydrogens (tertiary/aromatic N) is 4. The zero-order valence-corrected chi connectivity index (χ0v) is 14.2. The molecule has 2 atom stereocenters. The number of likely N-dealkylation sites (tertiary alicyclic amines) is 1. The van der Waals surface area contributed by atoms with E-state index in [9.17, 15) is 13.6 Å². The number of carbonyl (C=O) groups is 1. The Morgan fingerprint density at radius 2 is 2.30 bits per heavy atom. The van der Waals surface area contributed by atoms with E-state index < -0.39 is 18.4 Å². The highest BCUT2D eigenvalue weighted by Gasteiger charge is 2.41. The van der Waals surface area contributed by atoms with E-state index in [1.54, 1.807) is 16.9 Å². The highest BCUT2D eigenvalue weighted by Crippen LogP contribution is 2.34. The molecule has 1 unspecified atom stereocenters. The topological polar surface area (TPSA) is 77.0 Å². The van der Waals surface area contributed by atoms with Crippen LogP contribution < -0.4 is 5.73 Å². The summed E-state index contributed by atoms with van der Waals surface area (Å²) in [6.07, 6.45) is 0.131. The second-order valence-electron chi connectivity index (χ2n) is 5.31. The van der Waals surface area contributed by atoms with Gasteiger partial charge >= 0.3 is 0 Å². The van der Waals surface area contributed by atoms with Gasteiger partial charge in [0.1, 0.15) is 9.52 Å². The Morgan fingerprint density at radius 3 is 2.96 bits per heavy atom. The molecule has 0 aliphatic carbocycles. The van der Waals surface area contributed by atoms with E-state index in [0.29, 0.717) is 14.9 Å². The number of hydrogen-bond donors (Lipinski definition) is 1. The van der Waals surface area contributed by atoms with Crippen LogP contribution in [0.15, 0.2) is 24.9 Å². The molecule has 2 aromatic rings.